The molecule has 0 spiro atoms. The molecule has 2 aromatic carbocycles. The summed E-state index contributed by atoms with van der Waals surface area (Å²) in [6.45, 7) is 7.59. The van der Waals surface area contributed by atoms with Crippen LogP contribution in [0.3, 0.4) is 0 Å². The summed E-state index contributed by atoms with van der Waals surface area (Å²) in [4.78, 5) is 14.2. The molecule has 0 saturated carbocycles. The van der Waals surface area contributed by atoms with Gasteiger partial charge in [-0.3, -0.25) is 0 Å². The van der Waals surface area contributed by atoms with Crippen molar-refractivity contribution in [3.63, 3.8) is 0 Å². The number of ether oxygens (including phenoxy) is 5. The SMILES string of the molecule is CCCCCCCCCCCCCCCCOCCOCCOCCOCCN(C)C(=O)OCC1c2ccccc2-c2ccccc21. The second kappa shape index (κ2) is 25.6. The van der Waals surface area contributed by atoms with Gasteiger partial charge in [-0.15, -0.1) is 0 Å². The van der Waals surface area contributed by atoms with Crippen LogP contribution in [0.15, 0.2) is 48.5 Å². The molecule has 7 nitrogen and oxygen atoms in total. The molecule has 1 aliphatic carbocycles. The molecule has 0 aliphatic heterocycles. The van der Waals surface area contributed by atoms with Crippen LogP contribution in [0.5, 0.6) is 0 Å². The molecular weight excluding hydrogens is 590 g/mol. The summed E-state index contributed by atoms with van der Waals surface area (Å²) in [6.07, 6.45) is 18.9. The van der Waals surface area contributed by atoms with E-state index in [0.717, 1.165) is 13.0 Å². The van der Waals surface area contributed by atoms with E-state index in [-0.39, 0.29) is 12.0 Å². The molecule has 0 radical (unpaired) electrons. The van der Waals surface area contributed by atoms with Crippen LogP contribution in [0.1, 0.15) is 114 Å². The first-order valence-corrected chi connectivity index (χ1v) is 18.6. The van der Waals surface area contributed by atoms with Crippen molar-refractivity contribution in [3.05, 3.63) is 59.7 Å². The van der Waals surface area contributed by atoms with Crippen molar-refractivity contribution in [2.24, 2.45) is 0 Å². The molecule has 0 fully saturated rings. The van der Waals surface area contributed by atoms with Gasteiger partial charge in [-0.1, -0.05) is 139 Å². The van der Waals surface area contributed by atoms with Crippen LogP contribution in [0.25, 0.3) is 11.1 Å². The van der Waals surface area contributed by atoms with E-state index in [0.29, 0.717) is 59.4 Å². The minimum atomic E-state index is -0.340. The van der Waals surface area contributed by atoms with Gasteiger partial charge in [-0.2, -0.15) is 0 Å². The van der Waals surface area contributed by atoms with Gasteiger partial charge in [-0.05, 0) is 28.7 Å². The van der Waals surface area contributed by atoms with Gasteiger partial charge in [0.2, 0.25) is 0 Å². The zero-order valence-electron chi connectivity index (χ0n) is 29.6. The topological polar surface area (TPSA) is 66.5 Å². The van der Waals surface area contributed by atoms with E-state index in [1.54, 1.807) is 11.9 Å². The molecule has 0 aromatic heterocycles. The molecule has 1 amide bonds. The van der Waals surface area contributed by atoms with Crippen LogP contribution in [0.2, 0.25) is 0 Å². The molecule has 7 heteroatoms. The van der Waals surface area contributed by atoms with Gasteiger partial charge in [0.05, 0.1) is 46.2 Å². The van der Waals surface area contributed by atoms with Crippen LogP contribution >= 0.6 is 0 Å². The fourth-order valence-corrected chi connectivity index (χ4v) is 6.16. The predicted octanol–water partition coefficient (Wildman–Crippen LogP) is 9.42. The van der Waals surface area contributed by atoms with Crippen molar-refractivity contribution in [2.75, 3.05) is 73.1 Å². The Hall–Kier alpha value is -2.45. The van der Waals surface area contributed by atoms with Gasteiger partial charge in [0, 0.05) is 26.1 Å². The Labute approximate surface area is 285 Å². The smallest absolute Gasteiger partial charge is 0.409 e. The van der Waals surface area contributed by atoms with Crippen molar-refractivity contribution >= 4 is 6.09 Å². The Balaban J connectivity index is 1.03. The summed E-state index contributed by atoms with van der Waals surface area (Å²) in [6, 6.07) is 16.7. The molecule has 264 valence electrons. The maximum Gasteiger partial charge on any atom is 0.409 e. The van der Waals surface area contributed by atoms with Crippen LogP contribution in [-0.2, 0) is 23.7 Å². The summed E-state index contributed by atoms with van der Waals surface area (Å²) in [5.74, 6) is 0.0587. The lowest BCUT2D eigenvalue weighted by Gasteiger charge is -2.19. The highest BCUT2D eigenvalue weighted by Crippen LogP contribution is 2.44. The lowest BCUT2D eigenvalue weighted by molar-refractivity contribution is -0.00376. The fourth-order valence-electron chi connectivity index (χ4n) is 6.16. The third-order valence-electron chi connectivity index (χ3n) is 8.98. The number of carbonyl (C=O) groups is 1. The van der Waals surface area contributed by atoms with E-state index in [1.165, 1.54) is 106 Å². The maximum atomic E-state index is 12.6. The monoisotopic (exact) mass is 653 g/mol. The summed E-state index contributed by atoms with van der Waals surface area (Å²) in [5, 5.41) is 0. The summed E-state index contributed by atoms with van der Waals surface area (Å²) in [7, 11) is 1.74. The number of amides is 1. The minimum absolute atomic E-state index is 0.0587. The van der Waals surface area contributed by atoms with Gasteiger partial charge in [-0.25, -0.2) is 4.79 Å². The normalized spacial score (nSPS) is 12.3. The van der Waals surface area contributed by atoms with Crippen molar-refractivity contribution in [1.29, 1.82) is 0 Å². The number of benzene rings is 2. The molecule has 0 heterocycles. The summed E-state index contributed by atoms with van der Waals surface area (Å²) in [5.41, 5.74) is 4.86. The van der Waals surface area contributed by atoms with Crippen LogP contribution < -0.4 is 0 Å². The largest absolute Gasteiger partial charge is 0.448 e. The van der Waals surface area contributed by atoms with Gasteiger partial charge in [0.25, 0.3) is 0 Å². The number of likely N-dealkylation sites (N-methyl/N-ethyl adjacent to an activating group) is 1. The lowest BCUT2D eigenvalue weighted by atomic mass is 9.98. The highest BCUT2D eigenvalue weighted by atomic mass is 16.6. The average Bonchev–Trinajstić information content (AvgIpc) is 3.42. The van der Waals surface area contributed by atoms with E-state index in [4.69, 9.17) is 23.7 Å². The quantitative estimate of drug-likeness (QED) is 0.0815. The second-order valence-electron chi connectivity index (χ2n) is 12.8. The van der Waals surface area contributed by atoms with Crippen molar-refractivity contribution in [2.45, 2.75) is 103 Å². The van der Waals surface area contributed by atoms with Gasteiger partial charge in [0.15, 0.2) is 0 Å². The molecule has 0 atom stereocenters. The Morgan fingerprint density at radius 3 is 1.45 bits per heavy atom. The average molecular weight is 654 g/mol. The summed E-state index contributed by atoms with van der Waals surface area (Å²) >= 11 is 0. The zero-order chi connectivity index (χ0) is 33.2. The molecule has 0 bridgehead atoms. The fraction of sp³-hybridized carbons (Fsp3) is 0.675. The number of carbonyl (C=O) groups excluding carboxylic acids is 1. The maximum absolute atomic E-state index is 12.6. The highest BCUT2D eigenvalue weighted by molar-refractivity contribution is 5.79. The number of hydrogen-bond acceptors (Lipinski definition) is 6. The zero-order valence-corrected chi connectivity index (χ0v) is 29.6. The molecule has 2 aromatic rings. The first-order valence-electron chi connectivity index (χ1n) is 18.6. The van der Waals surface area contributed by atoms with Crippen molar-refractivity contribution in [3.8, 4) is 11.1 Å². The van der Waals surface area contributed by atoms with Crippen LogP contribution in [0.4, 0.5) is 4.79 Å². The molecule has 0 saturated heterocycles. The first kappa shape index (κ1) is 39.0. The van der Waals surface area contributed by atoms with E-state index in [9.17, 15) is 4.79 Å². The van der Waals surface area contributed by atoms with Gasteiger partial charge < -0.3 is 28.6 Å². The summed E-state index contributed by atoms with van der Waals surface area (Å²) < 4.78 is 28.2. The van der Waals surface area contributed by atoms with Gasteiger partial charge >= 0.3 is 6.09 Å². The molecular formula is C40H63NO6. The molecule has 1 aliphatic rings. The highest BCUT2D eigenvalue weighted by Gasteiger charge is 2.29. The van der Waals surface area contributed by atoms with E-state index in [2.05, 4.69) is 43.3 Å². The van der Waals surface area contributed by atoms with E-state index >= 15 is 0 Å². The van der Waals surface area contributed by atoms with Crippen LogP contribution in [-0.4, -0.2) is 84.0 Å². The standard InChI is InChI=1S/C40H63NO6/c1-3-4-5-6-7-8-9-10-11-12-13-14-15-20-26-43-28-30-45-32-33-46-31-29-44-27-25-41(2)40(42)47-34-39-37-23-18-16-21-35(37)36-22-17-19-24-38(36)39/h16-19,21-24,39H,3-15,20,25-34H2,1-2H3. The Morgan fingerprint density at radius 1 is 0.553 bits per heavy atom. The van der Waals surface area contributed by atoms with E-state index in [1.807, 2.05) is 12.1 Å². The third-order valence-corrected chi connectivity index (χ3v) is 8.98. The number of unbranched alkanes of at least 4 members (excludes halogenated alkanes) is 13. The van der Waals surface area contributed by atoms with Crippen LogP contribution in [0, 0.1) is 0 Å². The number of rotatable bonds is 29. The molecule has 47 heavy (non-hydrogen) atoms. The number of hydrogen-bond donors (Lipinski definition) is 0. The second-order valence-corrected chi connectivity index (χ2v) is 12.8. The van der Waals surface area contributed by atoms with Crippen molar-refractivity contribution in [1.82, 2.24) is 4.90 Å². The molecule has 3 rings (SSSR count). The Kier molecular flexibility index (Phi) is 21.2. The lowest BCUT2D eigenvalue weighted by Crippen LogP contribution is -2.32. The van der Waals surface area contributed by atoms with E-state index < -0.39 is 0 Å². The molecule has 0 N–H and O–H groups in total. The molecule has 0 unspecified atom stereocenters. The first-order chi connectivity index (χ1) is 23.2. The Bertz CT molecular complexity index is 1030. The minimum Gasteiger partial charge on any atom is -0.448 e. The van der Waals surface area contributed by atoms with Gasteiger partial charge in [0.1, 0.15) is 6.61 Å². The predicted molar refractivity (Wildman–Crippen MR) is 191 cm³/mol. The Morgan fingerprint density at radius 2 is 0.957 bits per heavy atom. The third kappa shape index (κ3) is 16.0. The number of fused-ring (bicyclic) bond motifs is 3. The number of nitrogens with zero attached hydrogens (tertiary/aromatic N) is 1. The van der Waals surface area contributed by atoms with Crippen molar-refractivity contribution < 1.29 is 28.5 Å².